The van der Waals surface area contributed by atoms with Crippen LogP contribution in [0.4, 0.5) is 0 Å². The summed E-state index contributed by atoms with van der Waals surface area (Å²) in [5, 5.41) is 1.13. The Morgan fingerprint density at radius 3 is 2.83 bits per heavy atom. The zero-order valence-corrected chi connectivity index (χ0v) is 9.30. The fraction of sp³-hybridized carbons (Fsp3) is 0.333. The van der Waals surface area contributed by atoms with Gasteiger partial charge in [-0.05, 0) is 25.3 Å². The maximum absolute atomic E-state index is 5.48. The Bertz CT molecular complexity index is 263. The normalized spacial score (nSPS) is 9.92. The van der Waals surface area contributed by atoms with E-state index in [0.29, 0.717) is 5.94 Å². The van der Waals surface area contributed by atoms with Crippen molar-refractivity contribution >= 4 is 26.3 Å². The van der Waals surface area contributed by atoms with Crippen molar-refractivity contribution in [2.75, 3.05) is 12.2 Å². The third-order valence-corrected chi connectivity index (χ3v) is 2.30. The summed E-state index contributed by atoms with van der Waals surface area (Å²) in [6.45, 7) is 2.08. The Labute approximate surface area is 80.1 Å². The molecule has 1 atom stereocenters. The lowest BCUT2D eigenvalue weighted by molar-refractivity contribution is 0.397. The molecule has 0 aliphatic heterocycles. The average molecular weight is 200 g/mol. The van der Waals surface area contributed by atoms with Crippen LogP contribution in [0.2, 0.25) is 0 Å². The molecule has 0 saturated carbocycles. The molecule has 0 aliphatic carbocycles. The molecule has 0 amide bonds. The Morgan fingerprint density at radius 2 is 2.25 bits per heavy atom. The topological polar surface area (TPSA) is 9.23 Å². The predicted molar refractivity (Wildman–Crippen MR) is 59.5 cm³/mol. The van der Waals surface area contributed by atoms with Gasteiger partial charge in [-0.1, -0.05) is 11.6 Å². The zero-order chi connectivity index (χ0) is 8.97. The molecule has 0 N–H and O–H groups in total. The molecule has 66 valence electrons. The molecular formula is C9H13OPS. The van der Waals surface area contributed by atoms with Gasteiger partial charge in [0.2, 0.25) is 0 Å². The van der Waals surface area contributed by atoms with Crippen molar-refractivity contribution in [1.82, 2.24) is 0 Å². The molecular weight excluding hydrogens is 187 g/mol. The lowest BCUT2D eigenvalue weighted by Crippen LogP contribution is -2.02. The number of hydrogen-bond acceptors (Lipinski definition) is 2. The first-order valence-corrected chi connectivity index (χ1v) is 5.69. The van der Waals surface area contributed by atoms with Crippen molar-refractivity contribution in [2.24, 2.45) is 0 Å². The molecule has 0 bridgehead atoms. The molecule has 1 unspecified atom stereocenters. The first-order chi connectivity index (χ1) is 5.74. The number of hydrogen-bond donors (Lipinski definition) is 0. The third-order valence-electron chi connectivity index (χ3n) is 1.50. The first-order valence-electron chi connectivity index (χ1n) is 3.72. The van der Waals surface area contributed by atoms with Gasteiger partial charge in [0.25, 0.3) is 0 Å². The molecule has 0 saturated heterocycles. The van der Waals surface area contributed by atoms with Gasteiger partial charge in [0.05, 0.1) is 0 Å². The highest BCUT2D eigenvalue weighted by atomic mass is 32.2. The summed E-state index contributed by atoms with van der Waals surface area (Å²) in [5.74, 6) is 1.67. The number of thioether (sulfide) groups is 1. The molecule has 0 spiro atoms. The number of aryl methyl sites for hydroxylation is 1. The van der Waals surface area contributed by atoms with Crippen LogP contribution in [0.3, 0.4) is 0 Å². The van der Waals surface area contributed by atoms with Gasteiger partial charge in [0, 0.05) is 5.30 Å². The summed E-state index contributed by atoms with van der Waals surface area (Å²) in [6, 6.07) is 6.16. The number of benzene rings is 1. The van der Waals surface area contributed by atoms with Crippen molar-refractivity contribution in [3.63, 3.8) is 0 Å². The Hall–Kier alpha value is -0.200. The van der Waals surface area contributed by atoms with E-state index in [0.717, 1.165) is 11.1 Å². The Balaban J connectivity index is 2.72. The molecule has 0 aromatic heterocycles. The molecule has 1 rings (SSSR count). The zero-order valence-electron chi connectivity index (χ0n) is 7.33. The van der Waals surface area contributed by atoms with E-state index in [1.807, 2.05) is 12.3 Å². The Morgan fingerprint density at radius 1 is 1.50 bits per heavy atom. The van der Waals surface area contributed by atoms with Gasteiger partial charge in [-0.2, -0.15) is 0 Å². The van der Waals surface area contributed by atoms with Crippen LogP contribution >= 0.6 is 21.0 Å². The van der Waals surface area contributed by atoms with Gasteiger partial charge in [-0.25, -0.2) is 0 Å². The fourth-order valence-corrected chi connectivity index (χ4v) is 1.61. The minimum absolute atomic E-state index is 0.713. The van der Waals surface area contributed by atoms with Gasteiger partial charge < -0.3 is 4.74 Å². The highest BCUT2D eigenvalue weighted by Gasteiger charge is 1.97. The van der Waals surface area contributed by atoms with Crippen LogP contribution in [0.1, 0.15) is 5.56 Å². The van der Waals surface area contributed by atoms with E-state index in [2.05, 4.69) is 28.3 Å². The minimum Gasteiger partial charge on any atom is -0.482 e. The summed E-state index contributed by atoms with van der Waals surface area (Å²) in [5.41, 5.74) is 1.26. The minimum atomic E-state index is 0.713. The van der Waals surface area contributed by atoms with Gasteiger partial charge >= 0.3 is 0 Å². The SMILES string of the molecule is CSCOc1ccc(C)cc1P. The predicted octanol–water partition coefficient (Wildman–Crippen LogP) is 2.19. The van der Waals surface area contributed by atoms with Crippen molar-refractivity contribution in [1.29, 1.82) is 0 Å². The van der Waals surface area contributed by atoms with E-state index < -0.39 is 0 Å². The van der Waals surface area contributed by atoms with Gasteiger partial charge in [0.15, 0.2) is 0 Å². The van der Waals surface area contributed by atoms with Crippen molar-refractivity contribution in [3.05, 3.63) is 23.8 Å². The monoisotopic (exact) mass is 200 g/mol. The van der Waals surface area contributed by atoms with Crippen LogP contribution in [0, 0.1) is 6.92 Å². The van der Waals surface area contributed by atoms with E-state index in [4.69, 9.17) is 4.74 Å². The van der Waals surface area contributed by atoms with Gasteiger partial charge in [0.1, 0.15) is 11.7 Å². The summed E-state index contributed by atoms with van der Waals surface area (Å²) in [6.07, 6.45) is 2.02. The molecule has 0 fully saturated rings. The second kappa shape index (κ2) is 4.74. The standard InChI is InChI=1S/C9H13OPS/c1-7-3-4-8(9(11)5-7)10-6-12-2/h3-5H,6,11H2,1-2H3. The van der Waals surface area contributed by atoms with Crippen LogP contribution in [-0.4, -0.2) is 12.2 Å². The molecule has 1 aromatic carbocycles. The second-order valence-corrected chi connectivity index (χ2v) is 4.03. The molecule has 3 heteroatoms. The first kappa shape index (κ1) is 9.88. The van der Waals surface area contributed by atoms with Gasteiger partial charge in [-0.3, -0.25) is 0 Å². The lowest BCUT2D eigenvalue weighted by atomic mass is 10.2. The van der Waals surface area contributed by atoms with Crippen molar-refractivity contribution in [2.45, 2.75) is 6.92 Å². The van der Waals surface area contributed by atoms with Crippen LogP contribution < -0.4 is 10.0 Å². The van der Waals surface area contributed by atoms with E-state index in [1.165, 1.54) is 5.56 Å². The van der Waals surface area contributed by atoms with Crippen molar-refractivity contribution < 1.29 is 4.74 Å². The third kappa shape index (κ3) is 2.69. The van der Waals surface area contributed by atoms with E-state index in [-0.39, 0.29) is 0 Å². The van der Waals surface area contributed by atoms with E-state index in [9.17, 15) is 0 Å². The maximum atomic E-state index is 5.48. The van der Waals surface area contributed by atoms with Crippen LogP contribution in [0.5, 0.6) is 5.75 Å². The van der Waals surface area contributed by atoms with Crippen LogP contribution in [-0.2, 0) is 0 Å². The van der Waals surface area contributed by atoms with Crippen molar-refractivity contribution in [3.8, 4) is 5.75 Å². The summed E-state index contributed by atoms with van der Waals surface area (Å²) < 4.78 is 5.48. The summed E-state index contributed by atoms with van der Waals surface area (Å²) >= 11 is 1.68. The summed E-state index contributed by atoms with van der Waals surface area (Å²) in [4.78, 5) is 0. The highest BCUT2D eigenvalue weighted by Crippen LogP contribution is 2.13. The maximum Gasteiger partial charge on any atom is 0.134 e. The molecule has 0 aliphatic rings. The number of ether oxygens (including phenoxy) is 1. The second-order valence-electron chi connectivity index (χ2n) is 2.59. The molecule has 1 nitrogen and oxygen atoms in total. The van der Waals surface area contributed by atoms with Gasteiger partial charge in [-0.15, -0.1) is 21.0 Å². The average Bonchev–Trinajstić information content (AvgIpc) is 2.03. The quantitative estimate of drug-likeness (QED) is 0.546. The molecule has 0 heterocycles. The van der Waals surface area contributed by atoms with Crippen LogP contribution in [0.25, 0.3) is 0 Å². The smallest absolute Gasteiger partial charge is 0.134 e. The van der Waals surface area contributed by atoms with E-state index >= 15 is 0 Å². The summed E-state index contributed by atoms with van der Waals surface area (Å²) in [7, 11) is 2.68. The Kier molecular flexibility index (Phi) is 3.90. The molecule has 0 radical (unpaired) electrons. The van der Waals surface area contributed by atoms with Crippen LogP contribution in [0.15, 0.2) is 18.2 Å². The fourth-order valence-electron chi connectivity index (χ4n) is 0.922. The largest absolute Gasteiger partial charge is 0.482 e. The molecule has 12 heavy (non-hydrogen) atoms. The lowest BCUT2D eigenvalue weighted by Gasteiger charge is -2.07. The van der Waals surface area contributed by atoms with E-state index in [1.54, 1.807) is 11.8 Å². The highest BCUT2D eigenvalue weighted by molar-refractivity contribution is 7.98. The molecule has 1 aromatic rings. The number of rotatable bonds is 3.